The van der Waals surface area contributed by atoms with Crippen LogP contribution in [0, 0.1) is 10.1 Å². The van der Waals surface area contributed by atoms with Crippen molar-refractivity contribution in [1.29, 1.82) is 0 Å². The molecule has 72 valence electrons. The third-order valence-corrected chi connectivity index (χ3v) is 1.90. The van der Waals surface area contributed by atoms with Crippen molar-refractivity contribution >= 4 is 5.69 Å². The molecule has 0 aliphatic heterocycles. The quantitative estimate of drug-likeness (QED) is 0.546. The molecule has 0 spiro atoms. The first-order valence-corrected chi connectivity index (χ1v) is 3.87. The van der Waals surface area contributed by atoms with Gasteiger partial charge in [-0.05, 0) is 13.8 Å². The second-order valence-electron chi connectivity index (χ2n) is 3.42. The number of nitrogens with zero attached hydrogens (tertiary/aromatic N) is 3. The molecule has 6 nitrogen and oxygen atoms in total. The van der Waals surface area contributed by atoms with Crippen molar-refractivity contribution in [3.05, 3.63) is 22.5 Å². The topological polar surface area (TPSA) is 87.0 Å². The Labute approximate surface area is 75.5 Å². The van der Waals surface area contributed by atoms with Crippen LogP contribution in [0.4, 0.5) is 5.69 Å². The summed E-state index contributed by atoms with van der Waals surface area (Å²) in [6, 6.07) is 0. The summed E-state index contributed by atoms with van der Waals surface area (Å²) in [5, 5.41) is 14.2. The highest BCUT2D eigenvalue weighted by Crippen LogP contribution is 2.16. The average molecular weight is 184 g/mol. The Balaban J connectivity index is 2.98. The third-order valence-electron chi connectivity index (χ3n) is 1.90. The van der Waals surface area contributed by atoms with Gasteiger partial charge in [0.25, 0.3) is 0 Å². The van der Waals surface area contributed by atoms with Gasteiger partial charge >= 0.3 is 5.69 Å². The lowest BCUT2D eigenvalue weighted by Crippen LogP contribution is -2.35. The zero-order valence-corrected chi connectivity index (χ0v) is 7.60. The van der Waals surface area contributed by atoms with Crippen molar-refractivity contribution in [3.63, 3.8) is 0 Å². The predicted molar refractivity (Wildman–Crippen MR) is 47.3 cm³/mol. The van der Waals surface area contributed by atoms with E-state index in [0.717, 1.165) is 0 Å². The molecule has 0 aromatic carbocycles. The van der Waals surface area contributed by atoms with Gasteiger partial charge in [0.1, 0.15) is 12.4 Å². The fraction of sp³-hybridized carbons (Fsp3) is 0.571. The molecule has 2 N–H and O–H groups in total. The maximum Gasteiger partial charge on any atom is 0.307 e. The Kier molecular flexibility index (Phi) is 2.33. The van der Waals surface area contributed by atoms with Crippen LogP contribution in [-0.4, -0.2) is 21.2 Å². The Bertz CT molecular complexity index is 318. The first kappa shape index (κ1) is 9.66. The molecule has 0 unspecified atom stereocenters. The Morgan fingerprint density at radius 1 is 1.77 bits per heavy atom. The lowest BCUT2D eigenvalue weighted by atomic mass is 10.1. The molecular weight excluding hydrogens is 172 g/mol. The first-order valence-electron chi connectivity index (χ1n) is 3.87. The Morgan fingerprint density at radius 2 is 2.38 bits per heavy atom. The molecule has 0 aliphatic rings. The molecule has 0 saturated carbocycles. The minimum absolute atomic E-state index is 0.0125. The second-order valence-corrected chi connectivity index (χ2v) is 3.42. The van der Waals surface area contributed by atoms with E-state index in [9.17, 15) is 10.1 Å². The first-order chi connectivity index (χ1) is 5.97. The zero-order chi connectivity index (χ0) is 10.1. The van der Waals surface area contributed by atoms with Gasteiger partial charge in [-0.25, -0.2) is 0 Å². The van der Waals surface area contributed by atoms with E-state index in [4.69, 9.17) is 5.73 Å². The van der Waals surface area contributed by atoms with Gasteiger partial charge in [-0.3, -0.25) is 14.8 Å². The summed E-state index contributed by atoms with van der Waals surface area (Å²) in [6.45, 7) is 4.11. The van der Waals surface area contributed by atoms with Gasteiger partial charge in [0.2, 0.25) is 0 Å². The van der Waals surface area contributed by atoms with Crippen molar-refractivity contribution in [2.24, 2.45) is 5.73 Å². The largest absolute Gasteiger partial charge is 0.328 e. The fourth-order valence-electron chi connectivity index (χ4n) is 0.832. The molecule has 0 bridgehead atoms. The van der Waals surface area contributed by atoms with Gasteiger partial charge in [-0.15, -0.1) is 0 Å². The molecule has 1 heterocycles. The summed E-state index contributed by atoms with van der Waals surface area (Å²) in [4.78, 5) is 9.87. The van der Waals surface area contributed by atoms with Crippen molar-refractivity contribution in [2.75, 3.05) is 6.54 Å². The SMILES string of the molecule is CC(C)(CN)n1cc([N+](=O)[O-])cn1. The van der Waals surface area contributed by atoms with Gasteiger partial charge in [0.05, 0.1) is 10.5 Å². The number of aromatic nitrogens is 2. The van der Waals surface area contributed by atoms with Crippen molar-refractivity contribution in [3.8, 4) is 0 Å². The van der Waals surface area contributed by atoms with Gasteiger partial charge in [0, 0.05) is 6.54 Å². The van der Waals surface area contributed by atoms with Crippen molar-refractivity contribution < 1.29 is 4.92 Å². The Hall–Kier alpha value is -1.43. The normalized spacial score (nSPS) is 11.6. The van der Waals surface area contributed by atoms with E-state index in [1.807, 2.05) is 13.8 Å². The van der Waals surface area contributed by atoms with Crippen LogP contribution in [0.3, 0.4) is 0 Å². The van der Waals surface area contributed by atoms with Crippen LogP contribution in [0.2, 0.25) is 0 Å². The maximum absolute atomic E-state index is 10.4. The number of nitro groups is 1. The number of nitrogens with two attached hydrogens (primary N) is 1. The van der Waals surface area contributed by atoms with Crippen LogP contribution >= 0.6 is 0 Å². The molecule has 13 heavy (non-hydrogen) atoms. The van der Waals surface area contributed by atoms with Crippen LogP contribution in [0.1, 0.15) is 13.8 Å². The Morgan fingerprint density at radius 3 is 2.77 bits per heavy atom. The zero-order valence-electron chi connectivity index (χ0n) is 7.60. The van der Waals surface area contributed by atoms with Crippen LogP contribution < -0.4 is 5.73 Å². The van der Waals surface area contributed by atoms with Crippen LogP contribution in [0.5, 0.6) is 0 Å². The van der Waals surface area contributed by atoms with E-state index in [-0.39, 0.29) is 11.2 Å². The summed E-state index contributed by atoms with van der Waals surface area (Å²) >= 11 is 0. The molecule has 0 radical (unpaired) electrons. The van der Waals surface area contributed by atoms with E-state index in [0.29, 0.717) is 6.54 Å². The molecule has 6 heteroatoms. The van der Waals surface area contributed by atoms with Crippen molar-refractivity contribution in [2.45, 2.75) is 19.4 Å². The molecule has 0 amide bonds. The summed E-state index contributed by atoms with van der Waals surface area (Å²) < 4.78 is 1.51. The lowest BCUT2D eigenvalue weighted by Gasteiger charge is -2.22. The van der Waals surface area contributed by atoms with E-state index >= 15 is 0 Å². The summed E-state index contributed by atoms with van der Waals surface area (Å²) in [7, 11) is 0. The summed E-state index contributed by atoms with van der Waals surface area (Å²) in [6.07, 6.45) is 2.60. The fourth-order valence-corrected chi connectivity index (χ4v) is 0.832. The molecule has 1 rings (SSSR count). The molecule has 1 aromatic rings. The van der Waals surface area contributed by atoms with Gasteiger partial charge in [0.15, 0.2) is 0 Å². The van der Waals surface area contributed by atoms with Crippen molar-refractivity contribution in [1.82, 2.24) is 9.78 Å². The molecule has 0 saturated heterocycles. The van der Waals surface area contributed by atoms with E-state index < -0.39 is 4.92 Å². The lowest BCUT2D eigenvalue weighted by molar-refractivity contribution is -0.385. The van der Waals surface area contributed by atoms with E-state index in [1.165, 1.54) is 17.1 Å². The average Bonchev–Trinajstić information content (AvgIpc) is 2.52. The standard InChI is InChI=1S/C7H12N4O2/c1-7(2,5-8)10-4-6(3-9-10)11(12)13/h3-4H,5,8H2,1-2H3. The predicted octanol–water partition coefficient (Wildman–Crippen LogP) is 0.485. The number of hydrogen-bond donors (Lipinski definition) is 1. The highest BCUT2D eigenvalue weighted by atomic mass is 16.6. The van der Waals surface area contributed by atoms with Crippen LogP contribution in [0.25, 0.3) is 0 Å². The minimum atomic E-state index is -0.476. The highest BCUT2D eigenvalue weighted by Gasteiger charge is 2.21. The molecule has 1 aromatic heterocycles. The summed E-state index contributed by atoms with van der Waals surface area (Å²) in [5.74, 6) is 0. The second kappa shape index (κ2) is 3.14. The number of hydrogen-bond acceptors (Lipinski definition) is 4. The maximum atomic E-state index is 10.4. The van der Waals surface area contributed by atoms with Gasteiger partial charge in [-0.1, -0.05) is 0 Å². The molecule has 0 aliphatic carbocycles. The molecular formula is C7H12N4O2. The van der Waals surface area contributed by atoms with Gasteiger partial charge < -0.3 is 5.73 Å². The monoisotopic (exact) mass is 184 g/mol. The minimum Gasteiger partial charge on any atom is -0.328 e. The number of rotatable bonds is 3. The molecule has 0 atom stereocenters. The van der Waals surface area contributed by atoms with Crippen LogP contribution in [-0.2, 0) is 5.54 Å². The van der Waals surface area contributed by atoms with E-state index in [2.05, 4.69) is 5.10 Å². The van der Waals surface area contributed by atoms with Gasteiger partial charge in [-0.2, -0.15) is 5.10 Å². The highest BCUT2D eigenvalue weighted by molar-refractivity contribution is 5.21. The van der Waals surface area contributed by atoms with E-state index in [1.54, 1.807) is 0 Å². The molecule has 0 fully saturated rings. The third kappa shape index (κ3) is 1.83. The summed E-state index contributed by atoms with van der Waals surface area (Å²) in [5.41, 5.74) is 5.10. The van der Waals surface area contributed by atoms with Crippen LogP contribution in [0.15, 0.2) is 12.4 Å². The smallest absolute Gasteiger partial charge is 0.307 e.